The molecule has 0 saturated carbocycles. The molecule has 1 rings (SSSR count). The van der Waals surface area contributed by atoms with Crippen molar-refractivity contribution < 1.29 is 22.3 Å². The fourth-order valence-corrected chi connectivity index (χ4v) is 1.03. The molecule has 0 N–H and O–H groups in total. The number of hydrogen-bond donors (Lipinski definition) is 0. The van der Waals surface area contributed by atoms with Crippen LogP contribution >= 0.6 is 0 Å². The number of hydrogen-bond acceptors (Lipinski definition) is 1. The van der Waals surface area contributed by atoms with Crippen LogP contribution in [0.2, 0.25) is 0 Å². The van der Waals surface area contributed by atoms with E-state index in [1.165, 1.54) is 0 Å². The van der Waals surface area contributed by atoms with Crippen LogP contribution < -0.4 is 4.74 Å². The second-order valence-electron chi connectivity index (χ2n) is 2.51. The molecule has 0 atom stereocenters. The summed E-state index contributed by atoms with van der Waals surface area (Å²) < 4.78 is 54.9. The van der Waals surface area contributed by atoms with Crippen LogP contribution in [0.1, 0.15) is 18.9 Å². The molecule has 78 valence electrons. The molecule has 0 spiro atoms. The predicted molar refractivity (Wildman–Crippen MR) is 42.5 cm³/mol. The van der Waals surface area contributed by atoms with Crippen LogP contribution in [-0.4, -0.2) is 6.61 Å². The van der Waals surface area contributed by atoms with E-state index in [1.54, 1.807) is 6.92 Å². The Hall–Kier alpha value is -1.26. The van der Waals surface area contributed by atoms with Gasteiger partial charge in [-0.25, -0.2) is 17.6 Å². The number of halogens is 4. The van der Waals surface area contributed by atoms with Gasteiger partial charge in [0.15, 0.2) is 11.6 Å². The van der Waals surface area contributed by atoms with Crippen molar-refractivity contribution in [3.05, 3.63) is 29.3 Å². The number of alkyl halides is 2. The summed E-state index contributed by atoms with van der Waals surface area (Å²) in [6.07, 6.45) is -3.09. The molecule has 0 amide bonds. The maximum absolute atomic E-state index is 12.9. The van der Waals surface area contributed by atoms with Gasteiger partial charge in [-0.3, -0.25) is 0 Å². The fourth-order valence-electron chi connectivity index (χ4n) is 1.03. The Morgan fingerprint density at radius 1 is 1.29 bits per heavy atom. The summed E-state index contributed by atoms with van der Waals surface area (Å²) in [5.74, 6) is -3.17. The van der Waals surface area contributed by atoms with Crippen molar-refractivity contribution in [3.8, 4) is 5.75 Å². The Bertz CT molecular complexity index is 325. The molecule has 0 heterocycles. The van der Waals surface area contributed by atoms with Gasteiger partial charge in [-0.1, -0.05) is 0 Å². The van der Waals surface area contributed by atoms with Crippen molar-refractivity contribution in [1.29, 1.82) is 0 Å². The minimum atomic E-state index is -3.09. The molecule has 0 bridgehead atoms. The van der Waals surface area contributed by atoms with Crippen molar-refractivity contribution in [2.45, 2.75) is 13.3 Å². The lowest BCUT2D eigenvalue weighted by Crippen LogP contribution is -2.01. The van der Waals surface area contributed by atoms with E-state index in [0.717, 1.165) is 12.1 Å². The van der Waals surface area contributed by atoms with Gasteiger partial charge in [0.05, 0.1) is 12.2 Å². The molecule has 0 aromatic heterocycles. The molecule has 0 aliphatic heterocycles. The SMILES string of the molecule is CCOc1ccc(F)c(F)c1C(F)F. The standard InChI is InChI=1S/C9H8F4O/c1-2-14-6-4-3-5(10)8(11)7(6)9(12)13/h3-4,9H,2H2,1H3. The van der Waals surface area contributed by atoms with Gasteiger partial charge in [-0.15, -0.1) is 0 Å². The number of ether oxygens (including phenoxy) is 1. The molecule has 0 aliphatic carbocycles. The van der Waals surface area contributed by atoms with Gasteiger partial charge < -0.3 is 4.74 Å². The quantitative estimate of drug-likeness (QED) is 0.692. The first-order chi connectivity index (χ1) is 6.57. The summed E-state index contributed by atoms with van der Waals surface area (Å²) in [6, 6.07) is 1.75. The Morgan fingerprint density at radius 3 is 2.43 bits per heavy atom. The molecule has 0 saturated heterocycles. The monoisotopic (exact) mass is 208 g/mol. The van der Waals surface area contributed by atoms with Gasteiger partial charge >= 0.3 is 0 Å². The van der Waals surface area contributed by atoms with Gasteiger partial charge in [0.1, 0.15) is 5.75 Å². The summed E-state index contributed by atoms with van der Waals surface area (Å²) in [5.41, 5.74) is -1.02. The molecule has 0 unspecified atom stereocenters. The molecular formula is C9H8F4O. The maximum atomic E-state index is 12.9. The van der Waals surface area contributed by atoms with Crippen molar-refractivity contribution in [3.63, 3.8) is 0 Å². The Balaban J connectivity index is 3.23. The summed E-state index contributed by atoms with van der Waals surface area (Å²) in [5, 5.41) is 0. The third-order valence-corrected chi connectivity index (χ3v) is 1.61. The second-order valence-corrected chi connectivity index (χ2v) is 2.51. The predicted octanol–water partition coefficient (Wildman–Crippen LogP) is 3.30. The first kappa shape index (κ1) is 10.8. The van der Waals surface area contributed by atoms with Gasteiger partial charge in [0.2, 0.25) is 0 Å². The molecule has 1 aromatic rings. The van der Waals surface area contributed by atoms with E-state index in [2.05, 4.69) is 0 Å². The van der Waals surface area contributed by atoms with Gasteiger partial charge in [-0.2, -0.15) is 0 Å². The van der Waals surface area contributed by atoms with E-state index in [4.69, 9.17) is 4.74 Å². The van der Waals surface area contributed by atoms with E-state index in [1.807, 2.05) is 0 Å². The summed E-state index contributed by atoms with van der Waals surface area (Å²) in [4.78, 5) is 0. The van der Waals surface area contributed by atoms with Crippen LogP contribution in [0.25, 0.3) is 0 Å². The van der Waals surface area contributed by atoms with Crippen molar-refractivity contribution in [2.75, 3.05) is 6.61 Å². The van der Waals surface area contributed by atoms with Crippen LogP contribution in [0.15, 0.2) is 12.1 Å². The highest BCUT2D eigenvalue weighted by molar-refractivity contribution is 5.36. The zero-order valence-corrected chi connectivity index (χ0v) is 7.36. The average Bonchev–Trinajstić information content (AvgIpc) is 2.11. The highest BCUT2D eigenvalue weighted by Gasteiger charge is 2.22. The Labute approximate surface area is 78.3 Å². The lowest BCUT2D eigenvalue weighted by atomic mass is 10.2. The lowest BCUT2D eigenvalue weighted by Gasteiger charge is -2.10. The van der Waals surface area contributed by atoms with Crippen LogP contribution in [0.5, 0.6) is 5.75 Å². The molecule has 1 nitrogen and oxygen atoms in total. The van der Waals surface area contributed by atoms with Gasteiger partial charge in [0, 0.05) is 0 Å². The van der Waals surface area contributed by atoms with Crippen LogP contribution in [-0.2, 0) is 0 Å². The molecule has 1 aromatic carbocycles. The Morgan fingerprint density at radius 2 is 1.93 bits per heavy atom. The Kier molecular flexibility index (Phi) is 3.33. The highest BCUT2D eigenvalue weighted by atomic mass is 19.3. The van der Waals surface area contributed by atoms with E-state index in [-0.39, 0.29) is 12.4 Å². The largest absolute Gasteiger partial charge is 0.493 e. The molecule has 5 heteroatoms. The topological polar surface area (TPSA) is 9.23 Å². The van der Waals surface area contributed by atoms with Crippen molar-refractivity contribution in [2.24, 2.45) is 0 Å². The number of benzene rings is 1. The van der Waals surface area contributed by atoms with Crippen LogP contribution in [0, 0.1) is 11.6 Å². The normalized spacial score (nSPS) is 10.7. The third kappa shape index (κ3) is 1.97. The van der Waals surface area contributed by atoms with Crippen LogP contribution in [0.4, 0.5) is 17.6 Å². The maximum Gasteiger partial charge on any atom is 0.270 e. The molecule has 0 radical (unpaired) electrons. The third-order valence-electron chi connectivity index (χ3n) is 1.61. The number of rotatable bonds is 3. The first-order valence-electron chi connectivity index (χ1n) is 3.96. The van der Waals surface area contributed by atoms with Crippen molar-refractivity contribution >= 4 is 0 Å². The van der Waals surface area contributed by atoms with E-state index in [9.17, 15) is 17.6 Å². The zero-order valence-electron chi connectivity index (χ0n) is 7.36. The smallest absolute Gasteiger partial charge is 0.270 e. The summed E-state index contributed by atoms with van der Waals surface area (Å²) >= 11 is 0. The van der Waals surface area contributed by atoms with E-state index in [0.29, 0.717) is 0 Å². The highest BCUT2D eigenvalue weighted by Crippen LogP contribution is 2.32. The molecule has 0 aliphatic rings. The van der Waals surface area contributed by atoms with Gasteiger partial charge in [0.25, 0.3) is 6.43 Å². The van der Waals surface area contributed by atoms with Crippen molar-refractivity contribution in [1.82, 2.24) is 0 Å². The molecular weight excluding hydrogens is 200 g/mol. The summed E-state index contributed by atoms with van der Waals surface area (Å²) in [7, 11) is 0. The average molecular weight is 208 g/mol. The zero-order chi connectivity index (χ0) is 10.7. The lowest BCUT2D eigenvalue weighted by molar-refractivity contribution is 0.139. The van der Waals surface area contributed by atoms with E-state index >= 15 is 0 Å². The first-order valence-corrected chi connectivity index (χ1v) is 3.96. The van der Waals surface area contributed by atoms with Crippen LogP contribution in [0.3, 0.4) is 0 Å². The summed E-state index contributed by atoms with van der Waals surface area (Å²) in [6.45, 7) is 1.68. The molecule has 14 heavy (non-hydrogen) atoms. The van der Waals surface area contributed by atoms with E-state index < -0.39 is 23.6 Å². The minimum Gasteiger partial charge on any atom is -0.493 e. The fraction of sp³-hybridized carbons (Fsp3) is 0.333. The second kappa shape index (κ2) is 4.30. The minimum absolute atomic E-state index is 0.116. The van der Waals surface area contributed by atoms with Gasteiger partial charge in [-0.05, 0) is 19.1 Å². The molecule has 0 fully saturated rings.